The summed E-state index contributed by atoms with van der Waals surface area (Å²) in [6.45, 7) is 0. The molecule has 24 heavy (non-hydrogen) atoms. The maximum absolute atomic E-state index is 12.3. The first-order chi connectivity index (χ1) is 11.7. The second-order valence-corrected chi connectivity index (χ2v) is 5.60. The first kappa shape index (κ1) is 14.4. The van der Waals surface area contributed by atoms with Crippen LogP contribution >= 0.6 is 0 Å². The number of nitrogens with one attached hydrogen (secondary N) is 2. The molecule has 4 aromatic rings. The Morgan fingerprint density at radius 1 is 0.750 bits per heavy atom. The minimum atomic E-state index is -0.542. The Hall–Kier alpha value is -3.22. The van der Waals surface area contributed by atoms with Crippen molar-refractivity contribution in [3.05, 3.63) is 59.7 Å². The number of hydrazine groups is 2. The van der Waals surface area contributed by atoms with Crippen molar-refractivity contribution in [2.24, 2.45) is 11.7 Å². The molecule has 2 amide bonds. The summed E-state index contributed by atoms with van der Waals surface area (Å²) in [7, 11) is 0. The third kappa shape index (κ3) is 1.84. The van der Waals surface area contributed by atoms with Gasteiger partial charge in [0.2, 0.25) is 0 Å². The second-order valence-electron chi connectivity index (χ2n) is 5.60. The van der Waals surface area contributed by atoms with Crippen molar-refractivity contribution in [1.82, 2.24) is 10.9 Å². The molecular weight excluding hydrogens is 304 g/mol. The van der Waals surface area contributed by atoms with E-state index < -0.39 is 11.8 Å². The number of carbonyl (C=O) groups excluding carboxylic acids is 2. The molecule has 0 radical (unpaired) electrons. The minimum absolute atomic E-state index is 0.186. The van der Waals surface area contributed by atoms with E-state index in [0.717, 1.165) is 26.9 Å². The SMILES string of the molecule is NNC(=O)c1cc2ccc3cccc4ccc(c1C(=O)NN)c2c34. The zero-order valence-electron chi connectivity index (χ0n) is 12.6. The van der Waals surface area contributed by atoms with Gasteiger partial charge in [0.25, 0.3) is 11.8 Å². The van der Waals surface area contributed by atoms with Crippen LogP contribution in [0.3, 0.4) is 0 Å². The largest absolute Gasteiger partial charge is 0.290 e. The maximum Gasteiger partial charge on any atom is 0.266 e. The lowest BCUT2D eigenvalue weighted by Crippen LogP contribution is -2.35. The van der Waals surface area contributed by atoms with Gasteiger partial charge in [-0.2, -0.15) is 0 Å². The van der Waals surface area contributed by atoms with Crippen LogP contribution < -0.4 is 22.5 Å². The summed E-state index contributed by atoms with van der Waals surface area (Å²) in [6, 6.07) is 15.4. The van der Waals surface area contributed by atoms with Gasteiger partial charge >= 0.3 is 0 Å². The Morgan fingerprint density at radius 2 is 1.38 bits per heavy atom. The van der Waals surface area contributed by atoms with Crippen molar-refractivity contribution in [3.8, 4) is 0 Å². The standard InChI is InChI=1S/C18H14N4O2/c19-21-17(23)13-8-11-5-4-9-2-1-3-10-6-7-12(15(11)14(9)10)16(13)18(24)22-20/h1-8H,19-20H2,(H,21,23)(H,22,24). The van der Waals surface area contributed by atoms with Crippen molar-refractivity contribution in [2.45, 2.75) is 0 Å². The van der Waals surface area contributed by atoms with Crippen molar-refractivity contribution < 1.29 is 9.59 Å². The average molecular weight is 318 g/mol. The van der Waals surface area contributed by atoms with Crippen LogP contribution in [0.5, 0.6) is 0 Å². The third-order valence-electron chi connectivity index (χ3n) is 4.38. The molecule has 0 saturated carbocycles. The summed E-state index contributed by atoms with van der Waals surface area (Å²) in [5.41, 5.74) is 4.60. The summed E-state index contributed by atoms with van der Waals surface area (Å²) >= 11 is 0. The van der Waals surface area contributed by atoms with Gasteiger partial charge in [-0.25, -0.2) is 11.7 Å². The van der Waals surface area contributed by atoms with Crippen LogP contribution in [0.1, 0.15) is 20.7 Å². The first-order valence-corrected chi connectivity index (χ1v) is 7.38. The zero-order chi connectivity index (χ0) is 16.8. The van der Waals surface area contributed by atoms with Gasteiger partial charge in [0.05, 0.1) is 11.1 Å². The molecule has 118 valence electrons. The summed E-state index contributed by atoms with van der Waals surface area (Å²) in [5, 5.41) is 5.65. The zero-order valence-corrected chi connectivity index (χ0v) is 12.6. The quantitative estimate of drug-likeness (QED) is 0.195. The van der Waals surface area contributed by atoms with Gasteiger partial charge in [-0.1, -0.05) is 42.5 Å². The van der Waals surface area contributed by atoms with Gasteiger partial charge in [-0.3, -0.25) is 20.4 Å². The van der Waals surface area contributed by atoms with E-state index in [2.05, 4.69) is 10.9 Å². The lowest BCUT2D eigenvalue weighted by molar-refractivity contribution is 0.0921. The smallest absolute Gasteiger partial charge is 0.266 e. The molecule has 0 aliphatic heterocycles. The number of benzene rings is 4. The van der Waals surface area contributed by atoms with E-state index in [1.165, 1.54) is 0 Å². The van der Waals surface area contributed by atoms with E-state index in [1.54, 1.807) is 6.07 Å². The summed E-state index contributed by atoms with van der Waals surface area (Å²) in [6.07, 6.45) is 0. The lowest BCUT2D eigenvalue weighted by Gasteiger charge is -2.16. The van der Waals surface area contributed by atoms with E-state index in [4.69, 9.17) is 11.7 Å². The number of nitrogen functional groups attached to an aromatic ring is 2. The molecule has 0 aliphatic carbocycles. The van der Waals surface area contributed by atoms with E-state index >= 15 is 0 Å². The Balaban J connectivity index is 2.27. The van der Waals surface area contributed by atoms with Crippen LogP contribution in [0.4, 0.5) is 0 Å². The van der Waals surface area contributed by atoms with Crippen LogP contribution in [0.25, 0.3) is 32.3 Å². The first-order valence-electron chi connectivity index (χ1n) is 7.38. The van der Waals surface area contributed by atoms with Crippen molar-refractivity contribution in [2.75, 3.05) is 0 Å². The van der Waals surface area contributed by atoms with Gasteiger partial charge in [-0.05, 0) is 38.4 Å². The molecule has 0 saturated heterocycles. The highest BCUT2D eigenvalue weighted by Crippen LogP contribution is 2.37. The number of amides is 2. The second kappa shape index (κ2) is 5.16. The molecule has 4 rings (SSSR count). The summed E-state index contributed by atoms with van der Waals surface area (Å²) in [4.78, 5) is 24.5. The molecule has 6 N–H and O–H groups in total. The topological polar surface area (TPSA) is 110 Å². The van der Waals surface area contributed by atoms with Crippen LogP contribution in [0.15, 0.2) is 48.5 Å². The van der Waals surface area contributed by atoms with Gasteiger partial charge in [-0.15, -0.1) is 0 Å². The van der Waals surface area contributed by atoms with Crippen LogP contribution in [-0.4, -0.2) is 11.8 Å². The summed E-state index contributed by atoms with van der Waals surface area (Å²) < 4.78 is 0. The predicted octanol–water partition coefficient (Wildman–Crippen LogP) is 1.79. The molecular formula is C18H14N4O2. The molecule has 0 heterocycles. The molecule has 0 spiro atoms. The third-order valence-corrected chi connectivity index (χ3v) is 4.38. The summed E-state index contributed by atoms with van der Waals surface area (Å²) in [5.74, 6) is 9.52. The van der Waals surface area contributed by atoms with E-state index in [0.29, 0.717) is 5.39 Å². The van der Waals surface area contributed by atoms with E-state index in [9.17, 15) is 9.59 Å². The molecule has 4 aromatic carbocycles. The highest BCUT2D eigenvalue weighted by Gasteiger charge is 2.22. The number of hydrogen-bond acceptors (Lipinski definition) is 4. The van der Waals surface area contributed by atoms with Crippen molar-refractivity contribution in [1.29, 1.82) is 0 Å². The lowest BCUT2D eigenvalue weighted by atomic mass is 9.89. The van der Waals surface area contributed by atoms with E-state index in [1.807, 2.05) is 42.5 Å². The fourth-order valence-electron chi connectivity index (χ4n) is 3.38. The van der Waals surface area contributed by atoms with Gasteiger partial charge in [0, 0.05) is 0 Å². The van der Waals surface area contributed by atoms with Gasteiger partial charge in [0.1, 0.15) is 0 Å². The minimum Gasteiger partial charge on any atom is -0.290 e. The van der Waals surface area contributed by atoms with Gasteiger partial charge in [0.15, 0.2) is 0 Å². The molecule has 0 aromatic heterocycles. The maximum atomic E-state index is 12.3. The van der Waals surface area contributed by atoms with Crippen LogP contribution in [-0.2, 0) is 0 Å². The average Bonchev–Trinajstić information content (AvgIpc) is 2.64. The highest BCUT2D eigenvalue weighted by atomic mass is 16.2. The predicted molar refractivity (Wildman–Crippen MR) is 93.5 cm³/mol. The Bertz CT molecular complexity index is 1100. The number of rotatable bonds is 2. The van der Waals surface area contributed by atoms with Crippen LogP contribution in [0, 0.1) is 0 Å². The molecule has 0 bridgehead atoms. The monoisotopic (exact) mass is 318 g/mol. The molecule has 0 unspecified atom stereocenters. The molecule has 6 heteroatoms. The fraction of sp³-hybridized carbons (Fsp3) is 0. The van der Waals surface area contributed by atoms with Gasteiger partial charge < -0.3 is 0 Å². The number of hydrogen-bond donors (Lipinski definition) is 4. The van der Waals surface area contributed by atoms with Crippen molar-refractivity contribution >= 4 is 44.1 Å². The molecule has 6 nitrogen and oxygen atoms in total. The van der Waals surface area contributed by atoms with Crippen molar-refractivity contribution in [3.63, 3.8) is 0 Å². The fourth-order valence-corrected chi connectivity index (χ4v) is 3.38. The Labute approximate surface area is 136 Å². The van der Waals surface area contributed by atoms with Crippen LogP contribution in [0.2, 0.25) is 0 Å². The normalized spacial score (nSPS) is 11.2. The number of nitrogens with two attached hydrogens (primary N) is 2. The highest BCUT2D eigenvalue weighted by molar-refractivity contribution is 6.28. The molecule has 0 atom stereocenters. The Kier molecular flexibility index (Phi) is 3.09. The molecule has 0 fully saturated rings. The molecule has 0 aliphatic rings. The van der Waals surface area contributed by atoms with E-state index in [-0.39, 0.29) is 11.1 Å². The Morgan fingerprint density at radius 3 is 2.04 bits per heavy atom. The number of carbonyl (C=O) groups is 2.